The third-order valence-corrected chi connectivity index (χ3v) is 9.62. The molecule has 2 amide bonds. The minimum absolute atomic E-state index is 0.175. The lowest BCUT2D eigenvalue weighted by Crippen LogP contribution is -2.42. The molecule has 2 atom stereocenters. The van der Waals surface area contributed by atoms with E-state index < -0.39 is 21.8 Å². The summed E-state index contributed by atoms with van der Waals surface area (Å²) in [6.07, 6.45) is 1.73. The van der Waals surface area contributed by atoms with E-state index in [4.69, 9.17) is 5.73 Å². The van der Waals surface area contributed by atoms with Crippen molar-refractivity contribution in [1.29, 1.82) is 0 Å². The van der Waals surface area contributed by atoms with E-state index in [2.05, 4.69) is 31.0 Å². The van der Waals surface area contributed by atoms with Gasteiger partial charge in [-0.15, -0.1) is 11.3 Å². The van der Waals surface area contributed by atoms with Gasteiger partial charge < -0.3 is 11.1 Å². The van der Waals surface area contributed by atoms with Crippen LogP contribution in [0.25, 0.3) is 0 Å². The molecule has 1 aromatic carbocycles. The van der Waals surface area contributed by atoms with Crippen LogP contribution in [0, 0.1) is 11.8 Å². The van der Waals surface area contributed by atoms with Crippen molar-refractivity contribution < 1.29 is 18.0 Å². The zero-order valence-electron chi connectivity index (χ0n) is 19.8. The van der Waals surface area contributed by atoms with Gasteiger partial charge >= 0.3 is 0 Å². The fourth-order valence-electron chi connectivity index (χ4n) is 4.98. The van der Waals surface area contributed by atoms with Crippen LogP contribution < -0.4 is 11.1 Å². The highest BCUT2D eigenvalue weighted by Gasteiger charge is 2.32. The van der Waals surface area contributed by atoms with Gasteiger partial charge in [-0.2, -0.15) is 4.31 Å². The highest BCUT2D eigenvalue weighted by Crippen LogP contribution is 2.37. The maximum absolute atomic E-state index is 13.1. The Morgan fingerprint density at radius 2 is 1.79 bits per heavy atom. The quantitative estimate of drug-likeness (QED) is 0.628. The first-order valence-corrected chi connectivity index (χ1v) is 13.9. The summed E-state index contributed by atoms with van der Waals surface area (Å²) in [5.74, 6) is -0.338. The second-order valence-electron chi connectivity index (χ2n) is 9.44. The molecule has 3 N–H and O–H groups in total. The number of benzene rings is 1. The smallest absolute Gasteiger partial charge is 0.256 e. The Morgan fingerprint density at radius 3 is 2.38 bits per heavy atom. The van der Waals surface area contributed by atoms with Crippen LogP contribution in [-0.2, 0) is 23.0 Å². The molecule has 3 heterocycles. The topological polar surface area (TPSA) is 113 Å². The van der Waals surface area contributed by atoms with Crippen molar-refractivity contribution in [2.24, 2.45) is 17.6 Å². The highest BCUT2D eigenvalue weighted by molar-refractivity contribution is 7.89. The first kappa shape index (κ1) is 24.8. The molecule has 4 rings (SSSR count). The van der Waals surface area contributed by atoms with Crippen molar-refractivity contribution in [2.45, 2.75) is 45.1 Å². The maximum Gasteiger partial charge on any atom is 0.256 e. The molecule has 0 aliphatic carbocycles. The van der Waals surface area contributed by atoms with E-state index in [1.807, 2.05) is 0 Å². The highest BCUT2D eigenvalue weighted by atomic mass is 32.2. The molecule has 0 bridgehead atoms. The lowest BCUT2D eigenvalue weighted by Gasteiger charge is -2.34. The number of nitrogens with zero attached hydrogens (tertiary/aromatic N) is 2. The van der Waals surface area contributed by atoms with Gasteiger partial charge in [-0.05, 0) is 61.1 Å². The number of thiophene rings is 1. The number of anilines is 1. The molecule has 0 unspecified atom stereocenters. The minimum Gasteiger partial charge on any atom is -0.365 e. The summed E-state index contributed by atoms with van der Waals surface area (Å²) in [5.41, 5.74) is 7.28. The zero-order chi connectivity index (χ0) is 24.6. The van der Waals surface area contributed by atoms with Crippen LogP contribution in [0.15, 0.2) is 29.2 Å². The molecule has 2 aliphatic heterocycles. The second-order valence-corrected chi connectivity index (χ2v) is 12.5. The summed E-state index contributed by atoms with van der Waals surface area (Å²) >= 11 is 1.38. The van der Waals surface area contributed by atoms with Crippen LogP contribution in [0.5, 0.6) is 0 Å². The third kappa shape index (κ3) is 4.91. The lowest BCUT2D eigenvalue weighted by molar-refractivity contribution is 0.1000. The molecular formula is C24H32N4O4S2. The fourth-order valence-corrected chi connectivity index (χ4v) is 7.95. The molecule has 8 nitrogen and oxygen atoms in total. The van der Waals surface area contributed by atoms with E-state index in [9.17, 15) is 18.0 Å². The number of nitrogens with one attached hydrogen (secondary N) is 1. The van der Waals surface area contributed by atoms with Gasteiger partial charge in [0.2, 0.25) is 10.0 Å². The van der Waals surface area contributed by atoms with E-state index in [1.54, 1.807) is 0 Å². The first-order chi connectivity index (χ1) is 16.1. The average molecular weight is 505 g/mol. The number of fused-ring (bicyclic) bond motifs is 1. The molecule has 1 fully saturated rings. The maximum atomic E-state index is 13.1. The van der Waals surface area contributed by atoms with Crippen LogP contribution in [0.1, 0.15) is 58.3 Å². The Morgan fingerprint density at radius 1 is 1.15 bits per heavy atom. The molecule has 184 valence electrons. The summed E-state index contributed by atoms with van der Waals surface area (Å²) in [6.45, 7) is 9.71. The van der Waals surface area contributed by atoms with E-state index in [0.29, 0.717) is 47.5 Å². The number of nitrogens with two attached hydrogens (primary N) is 1. The Kier molecular flexibility index (Phi) is 7.14. The van der Waals surface area contributed by atoms with Gasteiger partial charge in [0.15, 0.2) is 0 Å². The molecular weight excluding hydrogens is 472 g/mol. The lowest BCUT2D eigenvalue weighted by atomic mass is 9.94. The van der Waals surface area contributed by atoms with Gasteiger partial charge in [0.1, 0.15) is 5.00 Å². The van der Waals surface area contributed by atoms with Crippen LogP contribution >= 0.6 is 11.3 Å². The number of primary amides is 1. The molecule has 10 heteroatoms. The number of carbonyl (C=O) groups excluding carboxylic acids is 2. The second kappa shape index (κ2) is 9.77. The van der Waals surface area contributed by atoms with Gasteiger partial charge in [-0.1, -0.05) is 20.8 Å². The monoisotopic (exact) mass is 504 g/mol. The van der Waals surface area contributed by atoms with E-state index in [-0.39, 0.29) is 4.90 Å². The van der Waals surface area contributed by atoms with Crippen molar-refractivity contribution in [3.63, 3.8) is 0 Å². The van der Waals surface area contributed by atoms with Crippen molar-refractivity contribution in [1.82, 2.24) is 9.21 Å². The Labute approximate surface area is 205 Å². The predicted molar refractivity (Wildman–Crippen MR) is 134 cm³/mol. The van der Waals surface area contributed by atoms with Crippen LogP contribution in [0.4, 0.5) is 5.00 Å². The number of carbonyl (C=O) groups is 2. The molecule has 2 aliphatic rings. The summed E-state index contributed by atoms with van der Waals surface area (Å²) < 4.78 is 27.7. The Balaban J connectivity index is 1.53. The minimum atomic E-state index is -3.62. The van der Waals surface area contributed by atoms with E-state index >= 15 is 0 Å². The summed E-state index contributed by atoms with van der Waals surface area (Å²) in [7, 11) is -3.62. The number of piperidine rings is 1. The number of sulfonamides is 1. The van der Waals surface area contributed by atoms with Gasteiger partial charge in [0.25, 0.3) is 11.8 Å². The molecule has 1 saturated heterocycles. The normalized spacial score (nSPS) is 21.7. The van der Waals surface area contributed by atoms with Crippen molar-refractivity contribution in [3.05, 3.63) is 45.8 Å². The molecule has 0 spiro atoms. The number of hydrogen-bond acceptors (Lipinski definition) is 6. The molecule has 0 saturated carbocycles. The molecule has 0 radical (unpaired) electrons. The molecule has 1 aromatic heterocycles. The number of likely N-dealkylation sites (N-methyl/N-ethyl adjacent to an activating group) is 1. The third-order valence-electron chi connectivity index (χ3n) is 6.65. The Bertz CT molecular complexity index is 1180. The first-order valence-electron chi connectivity index (χ1n) is 11.7. The number of rotatable bonds is 6. The summed E-state index contributed by atoms with van der Waals surface area (Å²) in [4.78, 5) is 28.6. The molecule has 2 aromatic rings. The van der Waals surface area contributed by atoms with Gasteiger partial charge in [0.05, 0.1) is 10.5 Å². The fraction of sp³-hybridized carbons (Fsp3) is 0.500. The van der Waals surface area contributed by atoms with Gasteiger partial charge in [0, 0.05) is 36.6 Å². The van der Waals surface area contributed by atoms with Crippen LogP contribution in [0.2, 0.25) is 0 Å². The molecule has 34 heavy (non-hydrogen) atoms. The largest absolute Gasteiger partial charge is 0.365 e. The van der Waals surface area contributed by atoms with Crippen molar-refractivity contribution in [3.8, 4) is 0 Å². The van der Waals surface area contributed by atoms with E-state index in [0.717, 1.165) is 36.5 Å². The summed E-state index contributed by atoms with van der Waals surface area (Å²) in [6, 6.07) is 5.97. The van der Waals surface area contributed by atoms with Gasteiger partial charge in [-0.3, -0.25) is 14.5 Å². The number of amides is 2. The van der Waals surface area contributed by atoms with Crippen molar-refractivity contribution in [2.75, 3.05) is 31.5 Å². The zero-order valence-corrected chi connectivity index (χ0v) is 21.5. The Hall–Kier alpha value is -2.27. The summed E-state index contributed by atoms with van der Waals surface area (Å²) in [5, 5.41) is 3.28. The van der Waals surface area contributed by atoms with Crippen LogP contribution in [0.3, 0.4) is 0 Å². The van der Waals surface area contributed by atoms with Crippen LogP contribution in [-0.4, -0.2) is 55.6 Å². The van der Waals surface area contributed by atoms with Crippen molar-refractivity contribution >= 4 is 38.2 Å². The average Bonchev–Trinajstić information content (AvgIpc) is 3.15. The van der Waals surface area contributed by atoms with E-state index in [1.165, 1.54) is 39.9 Å². The predicted octanol–water partition coefficient (Wildman–Crippen LogP) is 3.14. The SMILES string of the molecule is CCN1CCc2c(sc(NC(=O)c3ccc(S(=O)(=O)N4C[C@@H](C)C[C@H](C)C4)cc3)c2C(N)=O)C1. The van der Waals surface area contributed by atoms with Gasteiger partial charge in [-0.25, -0.2) is 8.42 Å². The number of hydrogen-bond donors (Lipinski definition) is 2. The standard InChI is InChI=1S/C24H32N4O4S2/c1-4-27-10-9-19-20(14-27)33-24(21(19)22(25)29)26-23(30)17-5-7-18(8-6-17)34(31,32)28-12-15(2)11-16(3)13-28/h5-8,15-16H,4,9-14H2,1-3H3,(H2,25,29)(H,26,30)/t15-,16-/m0/s1.